The second-order valence-electron chi connectivity index (χ2n) is 7.58. The van der Waals surface area contributed by atoms with Gasteiger partial charge in [0.15, 0.2) is 0 Å². The van der Waals surface area contributed by atoms with Gasteiger partial charge < -0.3 is 25.8 Å². The number of fused-ring (bicyclic) bond motifs is 4. The number of rotatable bonds is 3. The van der Waals surface area contributed by atoms with Gasteiger partial charge in [-0.1, -0.05) is 18.2 Å². The summed E-state index contributed by atoms with van der Waals surface area (Å²) in [4.78, 5) is 43.2. The number of carbonyl (C=O) groups excluding carboxylic acids is 3. The molecule has 5 rings (SSSR count). The highest BCUT2D eigenvalue weighted by atomic mass is 16.2. The molecule has 2 fully saturated rings. The average Bonchev–Trinajstić information content (AvgIpc) is 3.30. The molecule has 4 heterocycles. The molecule has 3 aliphatic rings. The number of aryl methyl sites for hydroxylation is 1. The van der Waals surface area contributed by atoms with Gasteiger partial charge in [-0.25, -0.2) is 9.59 Å². The van der Waals surface area contributed by atoms with Gasteiger partial charge in [0.1, 0.15) is 12.3 Å². The van der Waals surface area contributed by atoms with Crippen molar-refractivity contribution in [3.05, 3.63) is 35.0 Å². The van der Waals surface area contributed by atoms with E-state index in [-0.39, 0.29) is 30.9 Å². The summed E-state index contributed by atoms with van der Waals surface area (Å²) in [6.45, 7) is 3.59. The number of amides is 5. The summed E-state index contributed by atoms with van der Waals surface area (Å²) in [7, 11) is 0. The second-order valence-corrected chi connectivity index (χ2v) is 7.58. The molecule has 5 amide bonds. The number of H-pyrrole nitrogens is 1. The quantitative estimate of drug-likeness (QED) is 0.629. The van der Waals surface area contributed by atoms with Crippen LogP contribution in [-0.2, 0) is 17.8 Å². The Morgan fingerprint density at radius 3 is 2.93 bits per heavy atom. The van der Waals surface area contributed by atoms with E-state index in [1.807, 2.05) is 11.0 Å². The molecular formula is C19H22N6O3. The highest BCUT2D eigenvalue weighted by Gasteiger charge is 2.45. The lowest BCUT2D eigenvalue weighted by atomic mass is 10.0. The largest absolute Gasteiger partial charge is 0.358 e. The third-order valence-corrected chi connectivity index (χ3v) is 5.89. The Morgan fingerprint density at radius 2 is 2.07 bits per heavy atom. The van der Waals surface area contributed by atoms with Gasteiger partial charge in [0.05, 0.1) is 0 Å². The van der Waals surface area contributed by atoms with Crippen molar-refractivity contribution in [1.29, 1.82) is 0 Å². The molecule has 2 aromatic rings. The van der Waals surface area contributed by atoms with Gasteiger partial charge in [-0.15, -0.1) is 0 Å². The Bertz CT molecular complexity index is 999. The van der Waals surface area contributed by atoms with E-state index in [9.17, 15) is 14.4 Å². The minimum Gasteiger partial charge on any atom is -0.358 e. The highest BCUT2D eigenvalue weighted by molar-refractivity contribution is 5.88. The molecule has 0 spiro atoms. The molecule has 28 heavy (non-hydrogen) atoms. The third-order valence-electron chi connectivity index (χ3n) is 5.89. The maximum Gasteiger partial charge on any atom is 0.320 e. The van der Waals surface area contributed by atoms with E-state index in [4.69, 9.17) is 0 Å². The van der Waals surface area contributed by atoms with Crippen LogP contribution in [-0.4, -0.2) is 58.2 Å². The average molecular weight is 382 g/mol. The van der Waals surface area contributed by atoms with Crippen LogP contribution >= 0.6 is 0 Å². The molecular weight excluding hydrogens is 360 g/mol. The van der Waals surface area contributed by atoms with Crippen LogP contribution in [0.4, 0.5) is 9.59 Å². The van der Waals surface area contributed by atoms with Crippen LogP contribution in [0.3, 0.4) is 0 Å². The Labute approximate surface area is 161 Å². The van der Waals surface area contributed by atoms with Crippen LogP contribution in [0.25, 0.3) is 10.9 Å². The molecule has 2 unspecified atom stereocenters. The fourth-order valence-electron chi connectivity index (χ4n) is 4.41. The third kappa shape index (κ3) is 2.57. The second kappa shape index (κ2) is 6.15. The predicted molar refractivity (Wildman–Crippen MR) is 101 cm³/mol. The predicted octanol–water partition coefficient (Wildman–Crippen LogP) is 0.741. The molecule has 2 atom stereocenters. The van der Waals surface area contributed by atoms with E-state index in [1.165, 1.54) is 27.1 Å². The van der Waals surface area contributed by atoms with Crippen LogP contribution in [0.15, 0.2) is 18.2 Å². The van der Waals surface area contributed by atoms with Crippen molar-refractivity contribution < 1.29 is 14.4 Å². The van der Waals surface area contributed by atoms with E-state index in [2.05, 4.69) is 40.0 Å². The molecule has 0 aliphatic carbocycles. The van der Waals surface area contributed by atoms with Crippen LogP contribution in [0.1, 0.15) is 23.2 Å². The Hall–Kier alpha value is -3.23. The van der Waals surface area contributed by atoms with E-state index in [0.717, 1.165) is 11.9 Å². The summed E-state index contributed by atoms with van der Waals surface area (Å²) in [5, 5.41) is 9.21. The monoisotopic (exact) mass is 382 g/mol. The number of urea groups is 2. The number of aromatic amines is 1. The summed E-state index contributed by atoms with van der Waals surface area (Å²) in [6, 6.07) is 5.63. The van der Waals surface area contributed by atoms with E-state index < -0.39 is 12.3 Å². The van der Waals surface area contributed by atoms with Gasteiger partial charge in [-0.05, 0) is 12.5 Å². The lowest BCUT2D eigenvalue weighted by Gasteiger charge is -2.28. The van der Waals surface area contributed by atoms with Crippen molar-refractivity contribution in [1.82, 2.24) is 30.7 Å². The first-order chi connectivity index (χ1) is 13.5. The first kappa shape index (κ1) is 16.9. The molecule has 0 saturated carbocycles. The Kier molecular flexibility index (Phi) is 3.71. The number of carbonyl (C=O) groups is 3. The molecule has 9 nitrogen and oxygen atoms in total. The number of para-hydroxylation sites is 1. The van der Waals surface area contributed by atoms with Crippen molar-refractivity contribution in [3.8, 4) is 0 Å². The lowest BCUT2D eigenvalue weighted by molar-refractivity contribution is -0.132. The van der Waals surface area contributed by atoms with Crippen LogP contribution in [0, 0.1) is 6.92 Å². The zero-order chi connectivity index (χ0) is 19.4. The van der Waals surface area contributed by atoms with Gasteiger partial charge in [0.25, 0.3) is 0 Å². The topological polar surface area (TPSA) is 110 Å². The normalized spacial score (nSPS) is 23.3. The zero-order valence-electron chi connectivity index (χ0n) is 15.5. The number of nitrogens with one attached hydrogen (secondary N) is 4. The van der Waals surface area contributed by atoms with E-state index in [0.29, 0.717) is 13.1 Å². The number of hydrogen-bond acceptors (Lipinski definition) is 3. The molecule has 0 radical (unpaired) electrons. The molecule has 9 heteroatoms. The van der Waals surface area contributed by atoms with Crippen molar-refractivity contribution in [2.75, 3.05) is 13.1 Å². The number of benzene rings is 1. The first-order valence-corrected chi connectivity index (χ1v) is 9.52. The highest BCUT2D eigenvalue weighted by Crippen LogP contribution is 2.29. The Morgan fingerprint density at radius 1 is 1.21 bits per heavy atom. The van der Waals surface area contributed by atoms with Gasteiger partial charge in [0.2, 0.25) is 5.91 Å². The summed E-state index contributed by atoms with van der Waals surface area (Å²) >= 11 is 0. The zero-order valence-corrected chi connectivity index (χ0v) is 15.5. The summed E-state index contributed by atoms with van der Waals surface area (Å²) in [5.74, 6) is 0.0150. The van der Waals surface area contributed by atoms with Crippen molar-refractivity contribution in [3.63, 3.8) is 0 Å². The van der Waals surface area contributed by atoms with Gasteiger partial charge >= 0.3 is 12.1 Å². The lowest BCUT2D eigenvalue weighted by Crippen LogP contribution is -2.45. The van der Waals surface area contributed by atoms with Crippen molar-refractivity contribution >= 4 is 28.9 Å². The molecule has 4 N–H and O–H groups in total. The summed E-state index contributed by atoms with van der Waals surface area (Å²) in [5.41, 5.74) is 4.73. The fraction of sp³-hybridized carbons (Fsp3) is 0.421. The molecule has 146 valence electrons. The molecule has 0 bridgehead atoms. The summed E-state index contributed by atoms with van der Waals surface area (Å²) in [6.07, 6.45) is 0.132. The van der Waals surface area contributed by atoms with Crippen molar-refractivity contribution in [2.24, 2.45) is 0 Å². The number of nitrogens with zero attached hydrogens (tertiary/aromatic N) is 2. The molecule has 2 saturated heterocycles. The fourth-order valence-corrected chi connectivity index (χ4v) is 4.41. The van der Waals surface area contributed by atoms with E-state index >= 15 is 0 Å². The van der Waals surface area contributed by atoms with Crippen LogP contribution in [0.5, 0.6) is 0 Å². The first-order valence-electron chi connectivity index (χ1n) is 9.52. The number of aromatic nitrogens is 1. The van der Waals surface area contributed by atoms with Gasteiger partial charge in [-0.3, -0.25) is 9.69 Å². The smallest absolute Gasteiger partial charge is 0.320 e. The molecule has 3 aliphatic heterocycles. The SMILES string of the molecule is Cc1cccc2c3c([nH]c12)CCN(C(=O)CCN1C(=O)NC2NC(=O)NC21)C3. The van der Waals surface area contributed by atoms with Crippen LogP contribution in [0.2, 0.25) is 0 Å². The standard InChI is InChI=1S/C19H22N6O3/c1-10-3-2-4-11-12-9-24(7-5-13(12)20-15(10)11)14(26)6-8-25-17-16(22-19(25)28)21-18(27)23-17/h2-4,16-17,20H,5-9H2,1H3,(H,22,28)(H2,21,23,27). The Balaban J connectivity index is 1.27. The maximum atomic E-state index is 12.8. The van der Waals surface area contributed by atoms with Crippen LogP contribution < -0.4 is 16.0 Å². The van der Waals surface area contributed by atoms with Gasteiger partial charge in [-0.2, -0.15) is 0 Å². The van der Waals surface area contributed by atoms with Crippen molar-refractivity contribution in [2.45, 2.75) is 38.6 Å². The number of hydrogen-bond donors (Lipinski definition) is 4. The molecule has 1 aromatic heterocycles. The minimum absolute atomic E-state index is 0.0150. The minimum atomic E-state index is -0.447. The van der Waals surface area contributed by atoms with E-state index in [1.54, 1.807) is 0 Å². The maximum absolute atomic E-state index is 12.8. The van der Waals surface area contributed by atoms with Gasteiger partial charge in [0, 0.05) is 54.6 Å². The molecule has 1 aromatic carbocycles. The summed E-state index contributed by atoms with van der Waals surface area (Å²) < 4.78 is 0.